The first kappa shape index (κ1) is 16.0. The Labute approximate surface area is 124 Å². The molecule has 1 saturated heterocycles. The van der Waals surface area contributed by atoms with E-state index in [9.17, 15) is 13.2 Å². The molecule has 1 aromatic rings. The number of carbonyl (C=O) groups excluding carboxylic acids is 1. The minimum atomic E-state index is -3.42. The molecule has 1 aromatic heterocycles. The van der Waals surface area contributed by atoms with Gasteiger partial charge >= 0.3 is 5.97 Å². The maximum absolute atomic E-state index is 12.5. The third-order valence-electron chi connectivity index (χ3n) is 3.66. The Balaban J connectivity index is 2.27. The van der Waals surface area contributed by atoms with Crippen LogP contribution in [0.15, 0.2) is 6.20 Å². The van der Waals surface area contributed by atoms with E-state index >= 15 is 0 Å². The zero-order valence-corrected chi connectivity index (χ0v) is 13.2. The highest BCUT2D eigenvalue weighted by atomic mass is 32.2. The van der Waals surface area contributed by atoms with Crippen molar-refractivity contribution in [3.8, 4) is 0 Å². The Bertz CT molecular complexity index is 623. The number of sulfone groups is 1. The van der Waals surface area contributed by atoms with Gasteiger partial charge in [0, 0.05) is 13.7 Å². The molecule has 0 saturated carbocycles. The lowest BCUT2D eigenvalue weighted by Crippen LogP contribution is -2.30. The molecule has 0 N–H and O–H groups in total. The van der Waals surface area contributed by atoms with E-state index in [-0.39, 0.29) is 24.0 Å². The van der Waals surface area contributed by atoms with E-state index in [4.69, 9.17) is 9.47 Å². The summed E-state index contributed by atoms with van der Waals surface area (Å²) in [6.07, 6.45) is 1.50. The molecule has 1 aliphatic heterocycles. The molecule has 0 amide bonds. The van der Waals surface area contributed by atoms with Crippen LogP contribution in [0.4, 0.5) is 0 Å². The molecule has 1 fully saturated rings. The number of carbonyl (C=O) groups is 1. The van der Waals surface area contributed by atoms with E-state index in [0.29, 0.717) is 18.7 Å². The Morgan fingerprint density at radius 1 is 1.57 bits per heavy atom. The highest BCUT2D eigenvalue weighted by molar-refractivity contribution is 7.91. The third kappa shape index (κ3) is 3.26. The molecule has 7 nitrogen and oxygen atoms in total. The van der Waals surface area contributed by atoms with Gasteiger partial charge in [-0.05, 0) is 20.3 Å². The molecular weight excluding hydrogens is 296 g/mol. The number of esters is 1. The molecule has 0 radical (unpaired) electrons. The van der Waals surface area contributed by atoms with Gasteiger partial charge < -0.3 is 9.47 Å². The molecule has 0 aliphatic carbocycles. The average molecular weight is 316 g/mol. The van der Waals surface area contributed by atoms with Gasteiger partial charge in [-0.1, -0.05) is 0 Å². The lowest BCUT2D eigenvalue weighted by molar-refractivity contribution is 0.0525. The predicted molar refractivity (Wildman–Crippen MR) is 75.6 cm³/mol. The molecule has 2 rings (SSSR count). The van der Waals surface area contributed by atoms with E-state index in [1.165, 1.54) is 10.9 Å². The number of nitrogens with zero attached hydrogens (tertiary/aromatic N) is 2. The minimum absolute atomic E-state index is 0.203. The second kappa shape index (κ2) is 6.15. The van der Waals surface area contributed by atoms with Gasteiger partial charge in [-0.2, -0.15) is 5.10 Å². The third-order valence-corrected chi connectivity index (χ3v) is 5.88. The zero-order valence-electron chi connectivity index (χ0n) is 12.4. The van der Waals surface area contributed by atoms with Gasteiger partial charge in [0.25, 0.3) is 0 Å². The fraction of sp³-hybridized carbons (Fsp3) is 0.692. The highest BCUT2D eigenvalue weighted by Gasteiger charge is 2.37. The highest BCUT2D eigenvalue weighted by Crippen LogP contribution is 2.25. The van der Waals surface area contributed by atoms with Crippen molar-refractivity contribution in [2.75, 3.05) is 13.2 Å². The summed E-state index contributed by atoms with van der Waals surface area (Å²) in [4.78, 5) is 11.9. The molecule has 0 aromatic carbocycles. The standard InChI is InChI=1S/C13H20N2O5S/c1-4-19-13(16)10-7-14-15(3)11(10)8-21(17,18)12-5-6-20-9(12)2/h7,9,12H,4-6,8H2,1-3H3. The molecule has 1 aliphatic rings. The molecular formula is C13H20N2O5S. The number of ether oxygens (including phenoxy) is 2. The van der Waals surface area contributed by atoms with Crippen molar-refractivity contribution in [1.82, 2.24) is 9.78 Å². The Kier molecular flexibility index (Phi) is 4.67. The van der Waals surface area contributed by atoms with E-state index in [2.05, 4.69) is 5.10 Å². The van der Waals surface area contributed by atoms with Crippen molar-refractivity contribution in [1.29, 1.82) is 0 Å². The lowest BCUT2D eigenvalue weighted by Gasteiger charge is -2.15. The van der Waals surface area contributed by atoms with Gasteiger partial charge in [0.1, 0.15) is 5.56 Å². The Morgan fingerprint density at radius 3 is 2.86 bits per heavy atom. The van der Waals surface area contributed by atoms with Crippen LogP contribution < -0.4 is 0 Å². The number of aromatic nitrogens is 2. The molecule has 2 atom stereocenters. The van der Waals surface area contributed by atoms with Crippen LogP contribution in [-0.2, 0) is 32.1 Å². The molecule has 2 heterocycles. The van der Waals surface area contributed by atoms with E-state index < -0.39 is 21.1 Å². The van der Waals surface area contributed by atoms with Crippen LogP contribution in [0.3, 0.4) is 0 Å². The SMILES string of the molecule is CCOC(=O)c1cnn(C)c1CS(=O)(=O)C1CCOC1C. The lowest BCUT2D eigenvalue weighted by atomic mass is 10.2. The smallest absolute Gasteiger partial charge is 0.341 e. The average Bonchev–Trinajstić information content (AvgIpc) is 2.97. The zero-order chi connectivity index (χ0) is 15.6. The maximum Gasteiger partial charge on any atom is 0.341 e. The van der Waals surface area contributed by atoms with Crippen molar-refractivity contribution in [2.45, 2.75) is 37.4 Å². The number of aryl methyl sites for hydroxylation is 1. The predicted octanol–water partition coefficient (Wildman–Crippen LogP) is 0.689. The summed E-state index contributed by atoms with van der Waals surface area (Å²) in [7, 11) is -1.81. The van der Waals surface area contributed by atoms with Gasteiger partial charge in [-0.3, -0.25) is 4.68 Å². The van der Waals surface area contributed by atoms with Gasteiger partial charge in [-0.25, -0.2) is 13.2 Å². The molecule has 118 valence electrons. The first-order chi connectivity index (χ1) is 9.86. The van der Waals surface area contributed by atoms with Gasteiger partial charge in [0.15, 0.2) is 9.84 Å². The summed E-state index contributed by atoms with van der Waals surface area (Å²) in [6, 6.07) is 0. The quantitative estimate of drug-likeness (QED) is 0.743. The van der Waals surface area contributed by atoms with Gasteiger partial charge in [-0.15, -0.1) is 0 Å². The van der Waals surface area contributed by atoms with Crippen molar-refractivity contribution in [3.05, 3.63) is 17.5 Å². The number of rotatable bonds is 5. The van der Waals surface area contributed by atoms with E-state index in [0.717, 1.165) is 0 Å². The Hall–Kier alpha value is -1.41. The number of hydrogen-bond donors (Lipinski definition) is 0. The summed E-state index contributed by atoms with van der Waals surface area (Å²) >= 11 is 0. The van der Waals surface area contributed by atoms with Crippen molar-refractivity contribution >= 4 is 15.8 Å². The van der Waals surface area contributed by atoms with Crippen LogP contribution in [0.1, 0.15) is 36.3 Å². The second-order valence-electron chi connectivity index (χ2n) is 5.06. The molecule has 8 heteroatoms. The van der Waals surface area contributed by atoms with Crippen LogP contribution in [-0.4, -0.2) is 48.7 Å². The van der Waals surface area contributed by atoms with Gasteiger partial charge in [0.2, 0.25) is 0 Å². The van der Waals surface area contributed by atoms with Crippen molar-refractivity contribution in [3.63, 3.8) is 0 Å². The molecule has 21 heavy (non-hydrogen) atoms. The van der Waals surface area contributed by atoms with E-state index in [1.54, 1.807) is 20.9 Å². The molecule has 0 bridgehead atoms. The first-order valence-corrected chi connectivity index (χ1v) is 8.59. The topological polar surface area (TPSA) is 87.5 Å². The summed E-state index contributed by atoms with van der Waals surface area (Å²) in [6.45, 7) is 4.13. The minimum Gasteiger partial charge on any atom is -0.462 e. The fourth-order valence-corrected chi connectivity index (χ4v) is 4.55. The second-order valence-corrected chi connectivity index (χ2v) is 7.28. The first-order valence-electron chi connectivity index (χ1n) is 6.88. The van der Waals surface area contributed by atoms with Crippen LogP contribution >= 0.6 is 0 Å². The summed E-state index contributed by atoms with van der Waals surface area (Å²) < 4.78 is 36.7. The maximum atomic E-state index is 12.5. The van der Waals surface area contributed by atoms with Crippen LogP contribution in [0, 0.1) is 0 Å². The summed E-state index contributed by atoms with van der Waals surface area (Å²) in [5.74, 6) is -0.790. The number of hydrogen-bond acceptors (Lipinski definition) is 6. The summed E-state index contributed by atoms with van der Waals surface area (Å²) in [5, 5.41) is 3.43. The van der Waals surface area contributed by atoms with E-state index in [1.807, 2.05) is 0 Å². The fourth-order valence-electron chi connectivity index (χ4n) is 2.49. The molecule has 2 unspecified atom stereocenters. The van der Waals surface area contributed by atoms with Crippen molar-refractivity contribution in [2.24, 2.45) is 7.05 Å². The normalized spacial score (nSPS) is 22.4. The van der Waals surface area contributed by atoms with Crippen LogP contribution in [0.2, 0.25) is 0 Å². The largest absolute Gasteiger partial charge is 0.462 e. The monoisotopic (exact) mass is 316 g/mol. The molecule has 0 spiro atoms. The Morgan fingerprint density at radius 2 is 2.29 bits per heavy atom. The van der Waals surface area contributed by atoms with Crippen molar-refractivity contribution < 1.29 is 22.7 Å². The van der Waals surface area contributed by atoms with Crippen LogP contribution in [0.25, 0.3) is 0 Å². The van der Waals surface area contributed by atoms with Gasteiger partial charge in [0.05, 0.1) is 35.6 Å². The van der Waals surface area contributed by atoms with Crippen LogP contribution in [0.5, 0.6) is 0 Å². The summed E-state index contributed by atoms with van der Waals surface area (Å²) in [5.41, 5.74) is 0.557.